The van der Waals surface area contributed by atoms with E-state index in [2.05, 4.69) is 15.6 Å². The number of carbonyl (C=O) groups is 2. The number of aryl methyl sites for hydroxylation is 2. The molecular formula is C32H31N5O3. The van der Waals surface area contributed by atoms with E-state index in [1.54, 1.807) is 22.8 Å². The molecule has 202 valence electrons. The number of fused-ring (bicyclic) bond motifs is 1. The fourth-order valence-corrected chi connectivity index (χ4v) is 4.75. The zero-order chi connectivity index (χ0) is 28.1. The second kappa shape index (κ2) is 11.8. The second-order valence-corrected chi connectivity index (χ2v) is 9.67. The average molecular weight is 534 g/mol. The number of methoxy groups -OCH3 is 1. The molecule has 0 saturated carbocycles. The second-order valence-electron chi connectivity index (χ2n) is 9.67. The minimum Gasteiger partial charge on any atom is -0.497 e. The molecule has 0 aliphatic carbocycles. The monoisotopic (exact) mass is 533 g/mol. The summed E-state index contributed by atoms with van der Waals surface area (Å²) in [6, 6.07) is 29.3. The maximum Gasteiger partial charge on any atom is 0.249 e. The predicted octanol–water partition coefficient (Wildman–Crippen LogP) is 5.15. The molecule has 1 aromatic heterocycles. The smallest absolute Gasteiger partial charge is 0.249 e. The number of aromatic nitrogens is 3. The Balaban J connectivity index is 1.60. The molecule has 0 aliphatic rings. The summed E-state index contributed by atoms with van der Waals surface area (Å²) in [5.74, 6) is -0.0177. The van der Waals surface area contributed by atoms with Crippen LogP contribution in [0.3, 0.4) is 0 Å². The highest BCUT2D eigenvalue weighted by Gasteiger charge is 2.34. The van der Waals surface area contributed by atoms with Crippen LogP contribution in [-0.2, 0) is 22.7 Å². The van der Waals surface area contributed by atoms with Crippen molar-refractivity contribution < 1.29 is 14.3 Å². The van der Waals surface area contributed by atoms with Crippen molar-refractivity contribution in [2.45, 2.75) is 33.0 Å². The molecule has 0 spiro atoms. The minimum absolute atomic E-state index is 0.0969. The molecule has 1 N–H and O–H groups in total. The normalized spacial score (nSPS) is 11.7. The summed E-state index contributed by atoms with van der Waals surface area (Å²) >= 11 is 0. The highest BCUT2D eigenvalue weighted by Crippen LogP contribution is 2.33. The number of rotatable bonds is 9. The van der Waals surface area contributed by atoms with Crippen molar-refractivity contribution in [3.05, 3.63) is 119 Å². The Hall–Kier alpha value is -4.98. The number of hydrogen-bond donors (Lipinski definition) is 1. The largest absolute Gasteiger partial charge is 0.497 e. The fourth-order valence-electron chi connectivity index (χ4n) is 4.75. The average Bonchev–Trinajstić information content (AvgIpc) is 3.39. The molecule has 0 aliphatic heterocycles. The third kappa shape index (κ3) is 5.71. The Labute approximate surface area is 233 Å². The third-order valence-corrected chi connectivity index (χ3v) is 6.82. The number of anilines is 1. The van der Waals surface area contributed by atoms with Crippen LogP contribution in [0.4, 0.5) is 5.69 Å². The maximum atomic E-state index is 14.3. The summed E-state index contributed by atoms with van der Waals surface area (Å²) in [6.45, 7) is 4.12. The van der Waals surface area contributed by atoms with Gasteiger partial charge in [0.15, 0.2) is 0 Å². The summed E-state index contributed by atoms with van der Waals surface area (Å²) in [5, 5.41) is 11.5. The summed E-state index contributed by atoms with van der Waals surface area (Å²) in [4.78, 5) is 29.9. The van der Waals surface area contributed by atoms with Gasteiger partial charge in [-0.1, -0.05) is 71.9 Å². The first-order valence-corrected chi connectivity index (χ1v) is 13.1. The number of carbonyl (C=O) groups excluding carboxylic acids is 2. The Morgan fingerprint density at radius 1 is 0.925 bits per heavy atom. The Morgan fingerprint density at radius 2 is 1.70 bits per heavy atom. The van der Waals surface area contributed by atoms with Gasteiger partial charge in [-0.25, -0.2) is 4.68 Å². The molecule has 1 heterocycles. The van der Waals surface area contributed by atoms with E-state index in [0.717, 1.165) is 22.2 Å². The van der Waals surface area contributed by atoms with Gasteiger partial charge >= 0.3 is 0 Å². The van der Waals surface area contributed by atoms with Gasteiger partial charge < -0.3 is 10.1 Å². The zero-order valence-corrected chi connectivity index (χ0v) is 22.7. The van der Waals surface area contributed by atoms with Gasteiger partial charge in [-0.05, 0) is 66.4 Å². The van der Waals surface area contributed by atoms with Crippen LogP contribution in [0, 0.1) is 13.8 Å². The lowest BCUT2D eigenvalue weighted by Crippen LogP contribution is -2.45. The van der Waals surface area contributed by atoms with Gasteiger partial charge in [0.05, 0.1) is 12.6 Å². The maximum absolute atomic E-state index is 14.3. The quantitative estimate of drug-likeness (QED) is 0.283. The lowest BCUT2D eigenvalue weighted by atomic mass is 10.0. The number of hydrogen-bond acceptors (Lipinski definition) is 5. The van der Waals surface area contributed by atoms with Gasteiger partial charge in [-0.15, -0.1) is 5.10 Å². The number of nitrogens with one attached hydrogen (secondary N) is 1. The van der Waals surface area contributed by atoms with E-state index >= 15 is 0 Å². The Kier molecular flexibility index (Phi) is 7.87. The first kappa shape index (κ1) is 26.6. The van der Waals surface area contributed by atoms with Gasteiger partial charge in [0.2, 0.25) is 11.8 Å². The van der Waals surface area contributed by atoms with Crippen LogP contribution in [0.1, 0.15) is 28.3 Å². The number of nitrogens with zero attached hydrogens (tertiary/aromatic N) is 4. The number of amides is 2. The molecule has 1 atom stereocenters. The summed E-state index contributed by atoms with van der Waals surface area (Å²) in [6.07, 6.45) is 0. The molecule has 0 radical (unpaired) electrons. The molecule has 0 saturated heterocycles. The summed E-state index contributed by atoms with van der Waals surface area (Å²) in [7, 11) is 1.58. The number of ether oxygens (including phenoxy) is 1. The van der Waals surface area contributed by atoms with Crippen LogP contribution in [0.25, 0.3) is 11.0 Å². The fraction of sp³-hybridized carbons (Fsp3) is 0.188. The molecule has 5 aromatic rings. The van der Waals surface area contributed by atoms with E-state index in [0.29, 0.717) is 29.1 Å². The van der Waals surface area contributed by atoms with Crippen LogP contribution < -0.4 is 15.0 Å². The SMILES string of the molecule is COc1cccc([C@H](C(=O)NCc2ccccc2)N(C(=O)Cn2nnc3ccccc32)c2cc(C)ccc2C)c1. The molecule has 8 nitrogen and oxygen atoms in total. The van der Waals surface area contributed by atoms with Crippen molar-refractivity contribution >= 4 is 28.5 Å². The van der Waals surface area contributed by atoms with Gasteiger partial charge in [0, 0.05) is 12.2 Å². The van der Waals surface area contributed by atoms with Crippen LogP contribution in [-0.4, -0.2) is 33.9 Å². The molecule has 0 bridgehead atoms. The summed E-state index contributed by atoms with van der Waals surface area (Å²) in [5.41, 5.74) is 5.50. The van der Waals surface area contributed by atoms with Crippen molar-refractivity contribution in [2.75, 3.05) is 12.0 Å². The topological polar surface area (TPSA) is 89.4 Å². The van der Waals surface area contributed by atoms with Crippen LogP contribution in [0.15, 0.2) is 97.1 Å². The van der Waals surface area contributed by atoms with Crippen molar-refractivity contribution in [1.82, 2.24) is 20.3 Å². The van der Waals surface area contributed by atoms with Crippen LogP contribution >= 0.6 is 0 Å². The minimum atomic E-state index is -0.971. The molecular weight excluding hydrogens is 502 g/mol. The molecule has 2 amide bonds. The van der Waals surface area contributed by atoms with Gasteiger partial charge in [0.1, 0.15) is 23.9 Å². The zero-order valence-electron chi connectivity index (χ0n) is 22.7. The Bertz CT molecular complexity index is 1650. The van der Waals surface area contributed by atoms with E-state index in [4.69, 9.17) is 4.74 Å². The predicted molar refractivity (Wildman–Crippen MR) is 155 cm³/mol. The molecule has 8 heteroatoms. The molecule has 0 unspecified atom stereocenters. The highest BCUT2D eigenvalue weighted by molar-refractivity contribution is 6.02. The van der Waals surface area contributed by atoms with Crippen molar-refractivity contribution in [3.8, 4) is 5.75 Å². The molecule has 0 fully saturated rings. The van der Waals surface area contributed by atoms with E-state index in [-0.39, 0.29) is 18.4 Å². The van der Waals surface area contributed by atoms with Crippen LogP contribution in [0.2, 0.25) is 0 Å². The Morgan fingerprint density at radius 3 is 2.50 bits per heavy atom. The number of para-hydroxylation sites is 1. The third-order valence-electron chi connectivity index (χ3n) is 6.82. The summed E-state index contributed by atoms with van der Waals surface area (Å²) < 4.78 is 7.05. The van der Waals surface area contributed by atoms with Gasteiger partial charge in [-0.2, -0.15) is 0 Å². The van der Waals surface area contributed by atoms with Crippen LogP contribution in [0.5, 0.6) is 5.75 Å². The van der Waals surface area contributed by atoms with E-state index < -0.39 is 6.04 Å². The molecule has 4 aromatic carbocycles. The van der Waals surface area contributed by atoms with Gasteiger partial charge in [0.25, 0.3) is 0 Å². The lowest BCUT2D eigenvalue weighted by molar-refractivity contribution is -0.127. The highest BCUT2D eigenvalue weighted by atomic mass is 16.5. The van der Waals surface area contributed by atoms with E-state index in [1.807, 2.05) is 105 Å². The van der Waals surface area contributed by atoms with Crippen molar-refractivity contribution in [1.29, 1.82) is 0 Å². The first-order chi connectivity index (χ1) is 19.4. The van der Waals surface area contributed by atoms with E-state index in [1.165, 1.54) is 0 Å². The molecule has 40 heavy (non-hydrogen) atoms. The van der Waals surface area contributed by atoms with Crippen molar-refractivity contribution in [3.63, 3.8) is 0 Å². The standard InChI is InChI=1S/C32H31N5O3/c1-22-16-17-23(2)29(18-22)37(30(38)21-36-28-15-8-7-14-27(28)34-35-36)31(25-12-9-13-26(19-25)40-3)32(39)33-20-24-10-5-4-6-11-24/h4-19,31H,20-21H2,1-3H3,(H,33,39)/t31-/m1/s1. The van der Waals surface area contributed by atoms with Crippen molar-refractivity contribution in [2.24, 2.45) is 0 Å². The molecule has 5 rings (SSSR count). The van der Waals surface area contributed by atoms with E-state index in [9.17, 15) is 9.59 Å². The lowest BCUT2D eigenvalue weighted by Gasteiger charge is -2.33. The number of benzene rings is 4. The van der Waals surface area contributed by atoms with Gasteiger partial charge in [-0.3, -0.25) is 14.5 Å². The first-order valence-electron chi connectivity index (χ1n) is 13.1.